The van der Waals surface area contributed by atoms with Crippen LogP contribution in [0.25, 0.3) is 0 Å². The van der Waals surface area contributed by atoms with Crippen molar-refractivity contribution >= 4 is 5.91 Å². The number of ether oxygens (including phenoxy) is 1. The van der Waals surface area contributed by atoms with Gasteiger partial charge in [-0.15, -0.1) is 0 Å². The standard InChI is InChI=1S/C24H27N3O2/c1-26-24(28)21-14-27(15-21)13-17-5-8-22(9-6-17)29-16-18-7-10-23(19-3-2-4-19)20(11-18)12-25/h5-11,19,21H,2-4,13-16H2,1H3,(H,26,28). The van der Waals surface area contributed by atoms with Crippen LogP contribution in [0.3, 0.4) is 0 Å². The molecule has 2 fully saturated rings. The first-order valence-electron chi connectivity index (χ1n) is 10.3. The lowest BCUT2D eigenvalue weighted by Crippen LogP contribution is -2.52. The third kappa shape index (κ3) is 4.44. The predicted octanol–water partition coefficient (Wildman–Crippen LogP) is 3.58. The predicted molar refractivity (Wildman–Crippen MR) is 111 cm³/mol. The second-order valence-electron chi connectivity index (χ2n) is 8.10. The molecule has 1 aliphatic carbocycles. The van der Waals surface area contributed by atoms with Gasteiger partial charge in [0.15, 0.2) is 0 Å². The third-order valence-corrected chi connectivity index (χ3v) is 6.09. The Hall–Kier alpha value is -2.84. The van der Waals surface area contributed by atoms with E-state index in [0.717, 1.165) is 36.5 Å². The Kier molecular flexibility index (Phi) is 5.82. The number of amides is 1. The fourth-order valence-electron chi connectivity index (χ4n) is 4.05. The van der Waals surface area contributed by atoms with Gasteiger partial charge < -0.3 is 10.1 Å². The number of likely N-dealkylation sites (tertiary alicyclic amines) is 1. The molecule has 1 heterocycles. The molecule has 5 heteroatoms. The topological polar surface area (TPSA) is 65.4 Å². The van der Waals surface area contributed by atoms with E-state index in [2.05, 4.69) is 40.6 Å². The average Bonchev–Trinajstić information content (AvgIpc) is 2.68. The summed E-state index contributed by atoms with van der Waals surface area (Å²) in [7, 11) is 1.69. The van der Waals surface area contributed by atoms with Crippen LogP contribution in [0.2, 0.25) is 0 Å². The zero-order chi connectivity index (χ0) is 20.2. The Morgan fingerprint density at radius 3 is 2.52 bits per heavy atom. The van der Waals surface area contributed by atoms with Gasteiger partial charge in [0.2, 0.25) is 5.91 Å². The Bertz CT molecular complexity index is 907. The summed E-state index contributed by atoms with van der Waals surface area (Å²) in [6, 6.07) is 16.6. The number of carbonyl (C=O) groups is 1. The second-order valence-corrected chi connectivity index (χ2v) is 8.10. The van der Waals surface area contributed by atoms with Crippen molar-refractivity contribution in [3.63, 3.8) is 0 Å². The highest BCUT2D eigenvalue weighted by atomic mass is 16.5. The van der Waals surface area contributed by atoms with Crippen molar-refractivity contribution in [2.45, 2.75) is 38.3 Å². The molecule has 150 valence electrons. The van der Waals surface area contributed by atoms with Crippen LogP contribution in [-0.2, 0) is 17.9 Å². The number of rotatable bonds is 7. The monoisotopic (exact) mass is 389 g/mol. The molecule has 5 nitrogen and oxygen atoms in total. The highest BCUT2D eigenvalue weighted by molar-refractivity contribution is 5.79. The fourth-order valence-corrected chi connectivity index (χ4v) is 4.05. The Balaban J connectivity index is 1.28. The highest BCUT2D eigenvalue weighted by Gasteiger charge is 2.31. The van der Waals surface area contributed by atoms with Crippen LogP contribution in [0.15, 0.2) is 42.5 Å². The molecular weight excluding hydrogens is 362 g/mol. The highest BCUT2D eigenvalue weighted by Crippen LogP contribution is 2.38. The molecule has 0 aromatic heterocycles. The zero-order valence-electron chi connectivity index (χ0n) is 16.9. The third-order valence-electron chi connectivity index (χ3n) is 6.09. The van der Waals surface area contributed by atoms with E-state index in [1.54, 1.807) is 7.05 Å². The summed E-state index contributed by atoms with van der Waals surface area (Å²) in [5.74, 6) is 1.63. The second kappa shape index (κ2) is 8.67. The molecule has 1 N–H and O–H groups in total. The van der Waals surface area contributed by atoms with Gasteiger partial charge in [0.05, 0.1) is 17.6 Å². The van der Waals surface area contributed by atoms with Gasteiger partial charge in [-0.1, -0.05) is 30.7 Å². The first kappa shape index (κ1) is 19.5. The summed E-state index contributed by atoms with van der Waals surface area (Å²) in [6.45, 7) is 2.94. The molecule has 1 saturated carbocycles. The van der Waals surface area contributed by atoms with Gasteiger partial charge in [0, 0.05) is 26.7 Å². The van der Waals surface area contributed by atoms with Gasteiger partial charge in [-0.3, -0.25) is 9.69 Å². The lowest BCUT2D eigenvalue weighted by molar-refractivity contribution is -0.129. The van der Waals surface area contributed by atoms with Crippen molar-refractivity contribution in [1.29, 1.82) is 5.26 Å². The van der Waals surface area contributed by atoms with Gasteiger partial charge in [0.1, 0.15) is 12.4 Å². The van der Waals surface area contributed by atoms with Gasteiger partial charge in [0.25, 0.3) is 0 Å². The van der Waals surface area contributed by atoms with E-state index in [1.165, 1.54) is 30.4 Å². The van der Waals surface area contributed by atoms with Crippen LogP contribution >= 0.6 is 0 Å². The molecule has 0 unspecified atom stereocenters. The number of hydrogen-bond donors (Lipinski definition) is 1. The molecule has 2 aromatic carbocycles. The van der Waals surface area contributed by atoms with Crippen LogP contribution < -0.4 is 10.1 Å². The van der Waals surface area contributed by atoms with Crippen molar-refractivity contribution in [1.82, 2.24) is 10.2 Å². The van der Waals surface area contributed by atoms with Gasteiger partial charge in [-0.25, -0.2) is 0 Å². The smallest absolute Gasteiger partial charge is 0.225 e. The molecule has 29 heavy (non-hydrogen) atoms. The molecular formula is C24H27N3O2. The minimum absolute atomic E-state index is 0.122. The lowest BCUT2D eigenvalue weighted by atomic mass is 9.78. The van der Waals surface area contributed by atoms with E-state index in [9.17, 15) is 10.1 Å². The number of hydrogen-bond acceptors (Lipinski definition) is 4. The maximum atomic E-state index is 11.6. The average molecular weight is 389 g/mol. The largest absolute Gasteiger partial charge is 0.489 e. The summed E-state index contributed by atoms with van der Waals surface area (Å²) >= 11 is 0. The van der Waals surface area contributed by atoms with E-state index < -0.39 is 0 Å². The summed E-state index contributed by atoms with van der Waals surface area (Å²) < 4.78 is 5.92. The summed E-state index contributed by atoms with van der Waals surface area (Å²) in [5.41, 5.74) is 4.21. The molecule has 0 spiro atoms. The normalized spacial score (nSPS) is 17.1. The van der Waals surface area contributed by atoms with Crippen molar-refractivity contribution in [3.8, 4) is 11.8 Å². The summed E-state index contributed by atoms with van der Waals surface area (Å²) in [5, 5.41) is 12.2. The SMILES string of the molecule is CNC(=O)C1CN(Cc2ccc(OCc3ccc(C4CCC4)c(C#N)c3)cc2)C1. The van der Waals surface area contributed by atoms with Gasteiger partial charge >= 0.3 is 0 Å². The zero-order valence-corrected chi connectivity index (χ0v) is 16.9. The number of nitrogens with one attached hydrogen (secondary N) is 1. The summed E-state index contributed by atoms with van der Waals surface area (Å²) in [6.07, 6.45) is 3.66. The van der Waals surface area contributed by atoms with Gasteiger partial charge in [-0.2, -0.15) is 5.26 Å². The molecule has 0 bridgehead atoms. The van der Waals surface area contributed by atoms with Crippen molar-refractivity contribution < 1.29 is 9.53 Å². The molecule has 4 rings (SSSR count). The van der Waals surface area contributed by atoms with Gasteiger partial charge in [-0.05, 0) is 53.6 Å². The molecule has 2 aliphatic rings. The van der Waals surface area contributed by atoms with E-state index in [1.807, 2.05) is 18.2 Å². The van der Waals surface area contributed by atoms with Crippen LogP contribution in [0.1, 0.15) is 47.4 Å². The van der Waals surface area contributed by atoms with Crippen LogP contribution in [0, 0.1) is 17.2 Å². The Labute approximate surface area is 172 Å². The van der Waals surface area contributed by atoms with E-state index in [-0.39, 0.29) is 11.8 Å². The quantitative estimate of drug-likeness (QED) is 0.786. The molecule has 0 atom stereocenters. The molecule has 1 saturated heterocycles. The van der Waals surface area contributed by atoms with E-state index in [4.69, 9.17) is 4.74 Å². The van der Waals surface area contributed by atoms with Crippen molar-refractivity contribution in [3.05, 3.63) is 64.7 Å². The van der Waals surface area contributed by atoms with Crippen molar-refractivity contribution in [2.75, 3.05) is 20.1 Å². The molecule has 2 aromatic rings. The maximum absolute atomic E-state index is 11.6. The van der Waals surface area contributed by atoms with Crippen LogP contribution in [-0.4, -0.2) is 30.9 Å². The molecule has 1 amide bonds. The first-order valence-corrected chi connectivity index (χ1v) is 10.3. The number of nitriles is 1. The lowest BCUT2D eigenvalue weighted by Gasteiger charge is -2.38. The fraction of sp³-hybridized carbons (Fsp3) is 0.417. The minimum Gasteiger partial charge on any atom is -0.489 e. The molecule has 1 aliphatic heterocycles. The van der Waals surface area contributed by atoms with E-state index in [0.29, 0.717) is 12.5 Å². The minimum atomic E-state index is 0.122. The first-order chi connectivity index (χ1) is 14.2. The van der Waals surface area contributed by atoms with Crippen LogP contribution in [0.4, 0.5) is 0 Å². The number of nitrogens with zero attached hydrogens (tertiary/aromatic N) is 2. The Morgan fingerprint density at radius 2 is 1.90 bits per heavy atom. The Morgan fingerprint density at radius 1 is 1.17 bits per heavy atom. The summed E-state index contributed by atoms with van der Waals surface area (Å²) in [4.78, 5) is 13.8. The van der Waals surface area contributed by atoms with E-state index >= 15 is 0 Å². The molecule has 0 radical (unpaired) electrons. The number of carbonyl (C=O) groups excluding carboxylic acids is 1. The maximum Gasteiger partial charge on any atom is 0.225 e. The number of benzene rings is 2. The van der Waals surface area contributed by atoms with Crippen LogP contribution in [0.5, 0.6) is 5.75 Å². The van der Waals surface area contributed by atoms with Crippen molar-refractivity contribution in [2.24, 2.45) is 5.92 Å².